The number of hydrogen-bond acceptors (Lipinski definition) is 2. The number of rotatable bonds is 3. The summed E-state index contributed by atoms with van der Waals surface area (Å²) >= 11 is 0. The number of hydrogen-bond donors (Lipinski definition) is 1. The van der Waals surface area contributed by atoms with E-state index in [1.54, 1.807) is 12.4 Å². The van der Waals surface area contributed by atoms with Crippen molar-refractivity contribution in [2.24, 2.45) is 0 Å². The molecular weight excluding hydrogens is 198 g/mol. The molecule has 1 N–H and O–H groups in total. The van der Waals surface area contributed by atoms with E-state index in [9.17, 15) is 5.11 Å². The second-order valence-corrected chi connectivity index (χ2v) is 3.82. The predicted octanol–water partition coefficient (Wildman–Crippen LogP) is 2.73. The van der Waals surface area contributed by atoms with E-state index in [4.69, 9.17) is 0 Å². The van der Waals surface area contributed by atoms with Gasteiger partial charge in [-0.3, -0.25) is 4.98 Å². The molecule has 0 aliphatic heterocycles. The standard InChI is InChI=1S/C14H15NO/c1-2-14(16,12-6-4-3-5-7-12)13-8-10-15-11-9-13/h3-11,16H,2H2,1H3/t14-/m0/s1. The number of benzene rings is 1. The molecular formula is C14H15NO. The first-order valence-corrected chi connectivity index (χ1v) is 5.46. The summed E-state index contributed by atoms with van der Waals surface area (Å²) in [6.45, 7) is 1.98. The Morgan fingerprint density at radius 3 is 2.12 bits per heavy atom. The van der Waals surface area contributed by atoms with Crippen molar-refractivity contribution in [3.63, 3.8) is 0 Å². The smallest absolute Gasteiger partial charge is 0.114 e. The van der Waals surface area contributed by atoms with Gasteiger partial charge in [-0.15, -0.1) is 0 Å². The first kappa shape index (κ1) is 10.8. The molecule has 1 heterocycles. The molecule has 0 aliphatic carbocycles. The Morgan fingerprint density at radius 1 is 1.00 bits per heavy atom. The highest BCUT2D eigenvalue weighted by molar-refractivity contribution is 5.34. The Bertz CT molecular complexity index is 399. The fraction of sp³-hybridized carbons (Fsp3) is 0.214. The van der Waals surface area contributed by atoms with Gasteiger partial charge in [0, 0.05) is 12.4 Å². The van der Waals surface area contributed by atoms with Gasteiger partial charge in [0.05, 0.1) is 0 Å². The van der Waals surface area contributed by atoms with Crippen LogP contribution in [-0.4, -0.2) is 10.1 Å². The van der Waals surface area contributed by atoms with Gasteiger partial charge in [-0.05, 0) is 29.7 Å². The molecule has 0 aliphatic rings. The average molecular weight is 213 g/mol. The molecule has 0 fully saturated rings. The summed E-state index contributed by atoms with van der Waals surface area (Å²) in [5.74, 6) is 0. The maximum absolute atomic E-state index is 10.7. The van der Waals surface area contributed by atoms with Crippen LogP contribution in [-0.2, 0) is 5.60 Å². The maximum atomic E-state index is 10.7. The number of aromatic nitrogens is 1. The van der Waals surface area contributed by atoms with Crippen LogP contribution >= 0.6 is 0 Å². The second kappa shape index (κ2) is 4.45. The Balaban J connectivity index is 2.49. The van der Waals surface area contributed by atoms with E-state index in [2.05, 4.69) is 4.98 Å². The summed E-state index contributed by atoms with van der Waals surface area (Å²) in [5, 5.41) is 10.7. The van der Waals surface area contributed by atoms with Gasteiger partial charge in [-0.25, -0.2) is 0 Å². The molecule has 1 atom stereocenters. The van der Waals surface area contributed by atoms with E-state index in [0.29, 0.717) is 6.42 Å². The molecule has 2 aromatic rings. The van der Waals surface area contributed by atoms with Gasteiger partial charge >= 0.3 is 0 Å². The van der Waals surface area contributed by atoms with Crippen molar-refractivity contribution in [2.75, 3.05) is 0 Å². The zero-order valence-electron chi connectivity index (χ0n) is 9.30. The Hall–Kier alpha value is -1.67. The van der Waals surface area contributed by atoms with Gasteiger partial charge in [0.25, 0.3) is 0 Å². The highest BCUT2D eigenvalue weighted by Crippen LogP contribution is 2.31. The molecule has 2 rings (SSSR count). The number of aliphatic hydroxyl groups is 1. The molecule has 0 saturated carbocycles. The molecule has 1 aromatic carbocycles. The van der Waals surface area contributed by atoms with E-state index >= 15 is 0 Å². The molecule has 0 saturated heterocycles. The Labute approximate surface area is 95.6 Å². The van der Waals surface area contributed by atoms with Gasteiger partial charge in [-0.1, -0.05) is 37.3 Å². The fourth-order valence-corrected chi connectivity index (χ4v) is 1.92. The van der Waals surface area contributed by atoms with Gasteiger partial charge in [0.2, 0.25) is 0 Å². The van der Waals surface area contributed by atoms with Crippen LogP contribution in [0.2, 0.25) is 0 Å². The molecule has 0 spiro atoms. The van der Waals surface area contributed by atoms with Crippen molar-refractivity contribution in [3.05, 3.63) is 66.0 Å². The summed E-state index contributed by atoms with van der Waals surface area (Å²) in [7, 11) is 0. The van der Waals surface area contributed by atoms with Crippen LogP contribution < -0.4 is 0 Å². The minimum atomic E-state index is -0.913. The van der Waals surface area contributed by atoms with E-state index in [1.807, 2.05) is 49.4 Å². The van der Waals surface area contributed by atoms with Crippen molar-refractivity contribution in [3.8, 4) is 0 Å². The normalized spacial score (nSPS) is 14.4. The largest absolute Gasteiger partial charge is 0.380 e. The van der Waals surface area contributed by atoms with E-state index in [-0.39, 0.29) is 0 Å². The van der Waals surface area contributed by atoms with E-state index in [0.717, 1.165) is 11.1 Å². The van der Waals surface area contributed by atoms with Crippen LogP contribution in [0.1, 0.15) is 24.5 Å². The topological polar surface area (TPSA) is 33.1 Å². The van der Waals surface area contributed by atoms with Gasteiger partial charge in [-0.2, -0.15) is 0 Å². The zero-order chi connectivity index (χ0) is 11.4. The third-order valence-electron chi connectivity index (χ3n) is 2.92. The highest BCUT2D eigenvalue weighted by Gasteiger charge is 2.28. The number of pyridine rings is 1. The average Bonchev–Trinajstić information content (AvgIpc) is 2.40. The summed E-state index contributed by atoms with van der Waals surface area (Å²) in [5.41, 5.74) is 0.893. The SMILES string of the molecule is CC[C@](O)(c1ccccc1)c1ccncc1. The lowest BCUT2D eigenvalue weighted by Crippen LogP contribution is -2.26. The molecule has 0 bridgehead atoms. The van der Waals surface area contributed by atoms with Gasteiger partial charge in [0.15, 0.2) is 0 Å². The first-order chi connectivity index (χ1) is 7.77. The summed E-state index contributed by atoms with van der Waals surface area (Å²) in [6.07, 6.45) is 4.05. The van der Waals surface area contributed by atoms with Crippen molar-refractivity contribution in [1.82, 2.24) is 4.98 Å². The zero-order valence-corrected chi connectivity index (χ0v) is 9.30. The van der Waals surface area contributed by atoms with Crippen molar-refractivity contribution in [1.29, 1.82) is 0 Å². The molecule has 82 valence electrons. The van der Waals surface area contributed by atoms with Crippen LogP contribution in [0.4, 0.5) is 0 Å². The predicted molar refractivity (Wildman–Crippen MR) is 64.0 cm³/mol. The quantitative estimate of drug-likeness (QED) is 0.850. The summed E-state index contributed by atoms with van der Waals surface area (Å²) in [4.78, 5) is 3.98. The minimum Gasteiger partial charge on any atom is -0.380 e. The third-order valence-corrected chi connectivity index (χ3v) is 2.92. The maximum Gasteiger partial charge on any atom is 0.114 e. The molecule has 0 unspecified atom stereocenters. The first-order valence-electron chi connectivity index (χ1n) is 5.46. The molecule has 1 aromatic heterocycles. The van der Waals surface area contributed by atoms with Gasteiger partial charge in [0.1, 0.15) is 5.60 Å². The summed E-state index contributed by atoms with van der Waals surface area (Å²) < 4.78 is 0. The molecule has 0 radical (unpaired) electrons. The van der Waals surface area contributed by atoms with Crippen molar-refractivity contribution in [2.45, 2.75) is 18.9 Å². The van der Waals surface area contributed by atoms with Crippen molar-refractivity contribution >= 4 is 0 Å². The Kier molecular flexibility index (Phi) is 3.02. The monoisotopic (exact) mass is 213 g/mol. The third kappa shape index (κ3) is 1.84. The van der Waals surface area contributed by atoms with Crippen LogP contribution in [0.15, 0.2) is 54.9 Å². The minimum absolute atomic E-state index is 0.640. The lowest BCUT2D eigenvalue weighted by molar-refractivity contribution is 0.0764. The summed E-state index contributed by atoms with van der Waals surface area (Å²) in [6, 6.07) is 13.4. The van der Waals surface area contributed by atoms with Crippen LogP contribution in [0.3, 0.4) is 0 Å². The fourth-order valence-electron chi connectivity index (χ4n) is 1.92. The van der Waals surface area contributed by atoms with Crippen LogP contribution in [0.5, 0.6) is 0 Å². The Morgan fingerprint density at radius 2 is 1.56 bits per heavy atom. The van der Waals surface area contributed by atoms with Gasteiger partial charge < -0.3 is 5.11 Å². The molecule has 2 heteroatoms. The van der Waals surface area contributed by atoms with Crippen molar-refractivity contribution < 1.29 is 5.11 Å². The van der Waals surface area contributed by atoms with Crippen LogP contribution in [0, 0.1) is 0 Å². The number of nitrogens with zero attached hydrogens (tertiary/aromatic N) is 1. The van der Waals surface area contributed by atoms with E-state index < -0.39 is 5.60 Å². The molecule has 0 amide bonds. The highest BCUT2D eigenvalue weighted by atomic mass is 16.3. The second-order valence-electron chi connectivity index (χ2n) is 3.82. The lowest BCUT2D eigenvalue weighted by Gasteiger charge is -2.27. The van der Waals surface area contributed by atoms with E-state index in [1.165, 1.54) is 0 Å². The van der Waals surface area contributed by atoms with Crippen LogP contribution in [0.25, 0.3) is 0 Å². The molecule has 16 heavy (non-hydrogen) atoms. The molecule has 2 nitrogen and oxygen atoms in total. The lowest BCUT2D eigenvalue weighted by atomic mass is 9.85.